The highest BCUT2D eigenvalue weighted by molar-refractivity contribution is 7.88. The van der Waals surface area contributed by atoms with E-state index in [0.717, 1.165) is 37.3 Å². The number of hydrogen-bond donors (Lipinski definition) is 0. The van der Waals surface area contributed by atoms with E-state index >= 15 is 0 Å². The van der Waals surface area contributed by atoms with Gasteiger partial charge in [0.05, 0.1) is 11.8 Å². The number of carbonyl (C=O) groups is 1. The zero-order valence-corrected chi connectivity index (χ0v) is 18.8. The van der Waals surface area contributed by atoms with Gasteiger partial charge >= 0.3 is 0 Å². The second kappa shape index (κ2) is 8.28. The van der Waals surface area contributed by atoms with Crippen LogP contribution in [0, 0.1) is 0 Å². The van der Waals surface area contributed by atoms with Gasteiger partial charge in [-0.15, -0.1) is 0 Å². The van der Waals surface area contributed by atoms with Gasteiger partial charge in [-0.2, -0.15) is 0 Å². The van der Waals surface area contributed by atoms with E-state index in [-0.39, 0.29) is 11.8 Å². The summed E-state index contributed by atoms with van der Waals surface area (Å²) in [5, 5.41) is 0. The van der Waals surface area contributed by atoms with Crippen LogP contribution in [0.25, 0.3) is 5.52 Å². The SMILES string of the molecule is CC(C)N1CCN(C(=O)c2nc(C3CCCN(S(C)(=O)=O)C3)n3ccccc23)CC1. The van der Waals surface area contributed by atoms with Crippen LogP contribution < -0.4 is 0 Å². The largest absolute Gasteiger partial charge is 0.335 e. The predicted octanol–water partition coefficient (Wildman–Crippen LogP) is 1.64. The van der Waals surface area contributed by atoms with Crippen molar-refractivity contribution in [1.82, 2.24) is 23.5 Å². The molecule has 164 valence electrons. The molecule has 2 aromatic heterocycles. The van der Waals surface area contributed by atoms with Crippen molar-refractivity contribution in [3.63, 3.8) is 0 Å². The molecule has 0 spiro atoms. The van der Waals surface area contributed by atoms with Crippen LogP contribution in [0.15, 0.2) is 24.4 Å². The minimum absolute atomic E-state index is 0.0253. The van der Waals surface area contributed by atoms with Crippen LogP contribution in [0.5, 0.6) is 0 Å². The van der Waals surface area contributed by atoms with Gasteiger partial charge in [-0.3, -0.25) is 9.69 Å². The first-order valence-electron chi connectivity index (χ1n) is 10.7. The number of imidazole rings is 1. The fourth-order valence-corrected chi connectivity index (χ4v) is 5.46. The summed E-state index contributed by atoms with van der Waals surface area (Å²) in [6.45, 7) is 8.44. The molecule has 2 saturated heterocycles. The lowest BCUT2D eigenvalue weighted by atomic mass is 9.99. The summed E-state index contributed by atoms with van der Waals surface area (Å²) in [6, 6.07) is 6.24. The normalized spacial score (nSPS) is 22.1. The summed E-state index contributed by atoms with van der Waals surface area (Å²) in [6.07, 6.45) is 4.83. The summed E-state index contributed by atoms with van der Waals surface area (Å²) in [5.41, 5.74) is 1.26. The Hall–Kier alpha value is -1.97. The Kier molecular flexibility index (Phi) is 5.87. The maximum atomic E-state index is 13.3. The average Bonchev–Trinajstić information content (AvgIpc) is 3.12. The zero-order chi connectivity index (χ0) is 21.5. The Morgan fingerprint density at radius 3 is 2.53 bits per heavy atom. The van der Waals surface area contributed by atoms with Crippen molar-refractivity contribution in [1.29, 1.82) is 0 Å². The summed E-state index contributed by atoms with van der Waals surface area (Å²) in [4.78, 5) is 22.4. The lowest BCUT2D eigenvalue weighted by molar-refractivity contribution is 0.0592. The van der Waals surface area contributed by atoms with Crippen LogP contribution in [0.2, 0.25) is 0 Å². The van der Waals surface area contributed by atoms with Gasteiger partial charge in [-0.05, 0) is 38.8 Å². The number of nitrogens with zero attached hydrogens (tertiary/aromatic N) is 5. The molecule has 1 amide bonds. The first kappa shape index (κ1) is 21.3. The topological polar surface area (TPSA) is 78.2 Å². The second-order valence-corrected chi connectivity index (χ2v) is 10.6. The zero-order valence-electron chi connectivity index (χ0n) is 18.0. The van der Waals surface area contributed by atoms with E-state index in [0.29, 0.717) is 37.9 Å². The highest BCUT2D eigenvalue weighted by atomic mass is 32.2. The monoisotopic (exact) mass is 433 g/mol. The molecule has 2 fully saturated rings. The summed E-state index contributed by atoms with van der Waals surface area (Å²) < 4.78 is 27.6. The molecule has 0 aromatic carbocycles. The van der Waals surface area contributed by atoms with Crippen molar-refractivity contribution in [2.45, 2.75) is 38.6 Å². The number of fused-ring (bicyclic) bond motifs is 1. The lowest BCUT2D eigenvalue weighted by Crippen LogP contribution is -2.50. The molecule has 0 aliphatic carbocycles. The minimum Gasteiger partial charge on any atom is -0.335 e. The van der Waals surface area contributed by atoms with Gasteiger partial charge in [0.15, 0.2) is 5.69 Å². The smallest absolute Gasteiger partial charge is 0.274 e. The second-order valence-electron chi connectivity index (χ2n) is 8.66. The van der Waals surface area contributed by atoms with Crippen LogP contribution in [0.4, 0.5) is 0 Å². The summed E-state index contributed by atoms with van der Waals surface area (Å²) >= 11 is 0. The van der Waals surface area contributed by atoms with Crippen molar-refractivity contribution < 1.29 is 13.2 Å². The number of amides is 1. The summed E-state index contributed by atoms with van der Waals surface area (Å²) in [7, 11) is -3.24. The standard InChI is InChI=1S/C21H31N5O3S/c1-16(2)23-11-13-24(14-12-23)21(27)19-18-8-4-5-10-26(18)20(22-19)17-7-6-9-25(15-17)30(3,28)29/h4-5,8,10,16-17H,6-7,9,11-15H2,1-3H3. The highest BCUT2D eigenvalue weighted by Crippen LogP contribution is 2.29. The third kappa shape index (κ3) is 4.10. The molecule has 0 bridgehead atoms. The molecule has 9 heteroatoms. The van der Waals surface area contributed by atoms with Crippen molar-refractivity contribution in [2.24, 2.45) is 0 Å². The van der Waals surface area contributed by atoms with Crippen LogP contribution in [-0.2, 0) is 10.0 Å². The van der Waals surface area contributed by atoms with Gasteiger partial charge in [-0.25, -0.2) is 17.7 Å². The molecule has 2 aliphatic rings. The molecule has 2 aromatic rings. The fourth-order valence-electron chi connectivity index (χ4n) is 4.55. The maximum Gasteiger partial charge on any atom is 0.274 e. The fraction of sp³-hybridized carbons (Fsp3) is 0.619. The van der Waals surface area contributed by atoms with Crippen molar-refractivity contribution >= 4 is 21.4 Å². The Bertz CT molecular complexity index is 1020. The van der Waals surface area contributed by atoms with Crippen molar-refractivity contribution in [2.75, 3.05) is 45.5 Å². The molecule has 1 unspecified atom stereocenters. The third-order valence-corrected chi connectivity index (χ3v) is 7.60. The van der Waals surface area contributed by atoms with Gasteiger partial charge in [0.1, 0.15) is 5.82 Å². The molecule has 30 heavy (non-hydrogen) atoms. The summed E-state index contributed by atoms with van der Waals surface area (Å²) in [5.74, 6) is 0.718. The Labute approximate surface area is 178 Å². The van der Waals surface area contributed by atoms with E-state index < -0.39 is 10.0 Å². The van der Waals surface area contributed by atoms with Crippen LogP contribution >= 0.6 is 0 Å². The van der Waals surface area contributed by atoms with E-state index in [4.69, 9.17) is 4.98 Å². The molecule has 8 nitrogen and oxygen atoms in total. The first-order chi connectivity index (χ1) is 14.3. The Morgan fingerprint density at radius 2 is 1.87 bits per heavy atom. The molecule has 4 heterocycles. The number of aromatic nitrogens is 2. The van der Waals surface area contributed by atoms with E-state index in [1.54, 1.807) is 0 Å². The molecular weight excluding hydrogens is 402 g/mol. The van der Waals surface area contributed by atoms with Gasteiger partial charge in [0, 0.05) is 57.4 Å². The predicted molar refractivity (Wildman–Crippen MR) is 116 cm³/mol. The number of rotatable bonds is 4. The van der Waals surface area contributed by atoms with E-state index in [9.17, 15) is 13.2 Å². The van der Waals surface area contributed by atoms with Crippen LogP contribution in [-0.4, -0.2) is 89.4 Å². The molecule has 1 atom stereocenters. The van der Waals surface area contributed by atoms with Crippen molar-refractivity contribution in [3.8, 4) is 0 Å². The van der Waals surface area contributed by atoms with Gasteiger partial charge < -0.3 is 9.30 Å². The number of piperidine rings is 1. The number of carbonyl (C=O) groups excluding carboxylic acids is 1. The average molecular weight is 434 g/mol. The van der Waals surface area contributed by atoms with E-state index in [1.807, 2.05) is 33.7 Å². The molecule has 0 radical (unpaired) electrons. The van der Waals surface area contributed by atoms with Crippen molar-refractivity contribution in [3.05, 3.63) is 35.9 Å². The van der Waals surface area contributed by atoms with Gasteiger partial charge in [0.25, 0.3) is 5.91 Å². The maximum absolute atomic E-state index is 13.3. The van der Waals surface area contributed by atoms with Crippen LogP contribution in [0.3, 0.4) is 0 Å². The Morgan fingerprint density at radius 1 is 1.13 bits per heavy atom. The van der Waals surface area contributed by atoms with E-state index in [1.165, 1.54) is 10.6 Å². The van der Waals surface area contributed by atoms with Gasteiger partial charge in [-0.1, -0.05) is 6.07 Å². The number of pyridine rings is 1. The third-order valence-electron chi connectivity index (χ3n) is 6.33. The molecule has 4 rings (SSSR count). The quantitative estimate of drug-likeness (QED) is 0.733. The van der Waals surface area contributed by atoms with Crippen LogP contribution in [0.1, 0.15) is 48.9 Å². The van der Waals surface area contributed by atoms with E-state index in [2.05, 4.69) is 18.7 Å². The molecule has 2 aliphatic heterocycles. The molecule has 0 N–H and O–H groups in total. The minimum atomic E-state index is -3.24. The molecular formula is C21H31N5O3S. The molecule has 0 saturated carbocycles. The lowest BCUT2D eigenvalue weighted by Gasteiger charge is -2.36. The number of hydrogen-bond acceptors (Lipinski definition) is 5. The Balaban J connectivity index is 1.62. The van der Waals surface area contributed by atoms with Gasteiger partial charge in [0.2, 0.25) is 10.0 Å². The highest BCUT2D eigenvalue weighted by Gasteiger charge is 2.32. The first-order valence-corrected chi connectivity index (χ1v) is 12.6. The number of piperazine rings is 1. The number of sulfonamides is 1.